The molecule has 0 aliphatic carbocycles. The van der Waals surface area contributed by atoms with Crippen LogP contribution in [0.3, 0.4) is 0 Å². The lowest BCUT2D eigenvalue weighted by Gasteiger charge is -2.33. The second kappa shape index (κ2) is 8.17. The van der Waals surface area contributed by atoms with Crippen molar-refractivity contribution in [2.75, 3.05) is 26.8 Å². The molecule has 4 heteroatoms. The Hall–Kier alpha value is -2.33. The molecule has 25 heavy (non-hydrogen) atoms. The van der Waals surface area contributed by atoms with Gasteiger partial charge in [0.25, 0.3) is 0 Å². The molecule has 4 nitrogen and oxygen atoms in total. The second-order valence-electron chi connectivity index (χ2n) is 6.32. The number of aryl methyl sites for hydroxylation is 1. The number of morpholine rings is 1. The molecule has 0 saturated carbocycles. The summed E-state index contributed by atoms with van der Waals surface area (Å²) >= 11 is 0. The van der Waals surface area contributed by atoms with Gasteiger partial charge in [-0.25, -0.2) is 0 Å². The van der Waals surface area contributed by atoms with Gasteiger partial charge in [-0.15, -0.1) is 0 Å². The number of hydrogen-bond acceptors (Lipinski definition) is 3. The molecule has 0 aromatic heterocycles. The first kappa shape index (κ1) is 17.5. The number of hydrogen-bond donors (Lipinski definition) is 0. The van der Waals surface area contributed by atoms with Crippen LogP contribution in [0.5, 0.6) is 5.75 Å². The van der Waals surface area contributed by atoms with Gasteiger partial charge in [0.15, 0.2) is 0 Å². The molecule has 1 saturated heterocycles. The van der Waals surface area contributed by atoms with Crippen LogP contribution in [0.2, 0.25) is 0 Å². The summed E-state index contributed by atoms with van der Waals surface area (Å²) in [6.07, 6.45) is 1.39. The van der Waals surface area contributed by atoms with E-state index in [1.165, 1.54) is 5.56 Å². The van der Waals surface area contributed by atoms with Crippen molar-refractivity contribution in [3.05, 3.63) is 65.2 Å². The zero-order chi connectivity index (χ0) is 17.6. The zero-order valence-electron chi connectivity index (χ0n) is 14.9. The van der Waals surface area contributed by atoms with Gasteiger partial charge >= 0.3 is 0 Å². The number of ether oxygens (including phenoxy) is 2. The van der Waals surface area contributed by atoms with E-state index in [2.05, 4.69) is 31.2 Å². The lowest BCUT2D eigenvalue weighted by Crippen LogP contribution is -2.42. The molecule has 2 aromatic rings. The second-order valence-corrected chi connectivity index (χ2v) is 6.32. The first-order chi connectivity index (χ1) is 12.2. The third kappa shape index (κ3) is 4.40. The number of amides is 1. The number of benzene rings is 2. The average Bonchev–Trinajstić information content (AvgIpc) is 2.68. The van der Waals surface area contributed by atoms with Gasteiger partial charge in [-0.1, -0.05) is 43.3 Å². The molecule has 1 atom stereocenters. The maximum Gasteiger partial charge on any atom is 0.227 e. The van der Waals surface area contributed by atoms with Crippen molar-refractivity contribution < 1.29 is 14.3 Å². The Kier molecular flexibility index (Phi) is 5.71. The molecule has 1 heterocycles. The minimum absolute atomic E-state index is 0.0422. The predicted molar refractivity (Wildman–Crippen MR) is 97.8 cm³/mol. The Bertz CT molecular complexity index is 694. The fraction of sp³-hybridized carbons (Fsp3) is 0.381. The van der Waals surface area contributed by atoms with E-state index in [4.69, 9.17) is 9.47 Å². The quantitative estimate of drug-likeness (QED) is 0.838. The van der Waals surface area contributed by atoms with E-state index >= 15 is 0 Å². The van der Waals surface area contributed by atoms with Crippen molar-refractivity contribution in [2.24, 2.45) is 0 Å². The molecule has 1 fully saturated rings. The lowest BCUT2D eigenvalue weighted by molar-refractivity contribution is -0.138. The average molecular weight is 339 g/mol. The van der Waals surface area contributed by atoms with E-state index in [-0.39, 0.29) is 12.0 Å². The number of nitrogens with zero attached hydrogens (tertiary/aromatic N) is 1. The zero-order valence-corrected chi connectivity index (χ0v) is 14.9. The summed E-state index contributed by atoms with van der Waals surface area (Å²) in [6.45, 7) is 3.99. The van der Waals surface area contributed by atoms with E-state index < -0.39 is 0 Å². The highest BCUT2D eigenvalue weighted by molar-refractivity contribution is 5.79. The van der Waals surface area contributed by atoms with Gasteiger partial charge in [-0.3, -0.25) is 4.79 Å². The molecule has 0 radical (unpaired) electrons. The van der Waals surface area contributed by atoms with Gasteiger partial charge in [-0.2, -0.15) is 0 Å². The molecule has 1 amide bonds. The summed E-state index contributed by atoms with van der Waals surface area (Å²) in [5.41, 5.74) is 3.45. The molecule has 1 aliphatic rings. The Morgan fingerprint density at radius 3 is 2.44 bits per heavy atom. The van der Waals surface area contributed by atoms with Crippen LogP contribution < -0.4 is 4.74 Å². The third-order valence-electron chi connectivity index (χ3n) is 4.69. The van der Waals surface area contributed by atoms with Crippen LogP contribution in [0.1, 0.15) is 29.7 Å². The van der Waals surface area contributed by atoms with E-state index in [1.807, 2.05) is 29.2 Å². The SMILES string of the molecule is CCc1ccc(C2CN(C(=O)Cc3ccc(OC)cc3)CCO2)cc1. The summed E-state index contributed by atoms with van der Waals surface area (Å²) in [6, 6.07) is 16.2. The van der Waals surface area contributed by atoms with Crippen LogP contribution in [0, 0.1) is 0 Å². The van der Waals surface area contributed by atoms with Crippen molar-refractivity contribution in [1.82, 2.24) is 4.90 Å². The van der Waals surface area contributed by atoms with Gasteiger partial charge in [0, 0.05) is 6.54 Å². The predicted octanol–water partition coefficient (Wildman–Crippen LogP) is 3.40. The maximum absolute atomic E-state index is 12.6. The first-order valence-corrected chi connectivity index (χ1v) is 8.80. The van der Waals surface area contributed by atoms with Gasteiger partial charge in [-0.05, 0) is 35.2 Å². The van der Waals surface area contributed by atoms with Gasteiger partial charge < -0.3 is 14.4 Å². The Morgan fingerprint density at radius 2 is 1.80 bits per heavy atom. The largest absolute Gasteiger partial charge is 0.497 e. The number of methoxy groups -OCH3 is 1. The normalized spacial score (nSPS) is 17.4. The van der Waals surface area contributed by atoms with E-state index in [0.717, 1.165) is 23.3 Å². The van der Waals surface area contributed by atoms with E-state index in [1.54, 1.807) is 7.11 Å². The summed E-state index contributed by atoms with van der Waals surface area (Å²) in [7, 11) is 1.64. The van der Waals surface area contributed by atoms with Crippen LogP contribution in [0.25, 0.3) is 0 Å². The van der Waals surface area contributed by atoms with Crippen LogP contribution in [-0.2, 0) is 22.4 Å². The summed E-state index contributed by atoms with van der Waals surface area (Å²) in [5, 5.41) is 0. The fourth-order valence-corrected chi connectivity index (χ4v) is 3.08. The number of carbonyl (C=O) groups excluding carboxylic acids is 1. The van der Waals surface area contributed by atoms with Gasteiger partial charge in [0.05, 0.1) is 26.7 Å². The van der Waals surface area contributed by atoms with Crippen LogP contribution in [0.4, 0.5) is 0 Å². The standard InChI is InChI=1S/C21H25NO3/c1-3-16-4-8-18(9-5-16)20-15-22(12-13-25-20)21(23)14-17-6-10-19(24-2)11-7-17/h4-11,20H,3,12-15H2,1-2H3. The Morgan fingerprint density at radius 1 is 1.12 bits per heavy atom. The molecule has 2 aromatic carbocycles. The van der Waals surface area contributed by atoms with Gasteiger partial charge in [0.2, 0.25) is 5.91 Å². The minimum atomic E-state index is -0.0422. The van der Waals surface area contributed by atoms with Crippen LogP contribution in [0.15, 0.2) is 48.5 Å². The molecule has 0 spiro atoms. The smallest absolute Gasteiger partial charge is 0.227 e. The van der Waals surface area contributed by atoms with Crippen molar-refractivity contribution in [2.45, 2.75) is 25.9 Å². The maximum atomic E-state index is 12.6. The molecule has 132 valence electrons. The molecule has 1 unspecified atom stereocenters. The number of rotatable bonds is 5. The summed E-state index contributed by atoms with van der Waals surface area (Å²) < 4.78 is 11.0. The van der Waals surface area contributed by atoms with Crippen molar-refractivity contribution in [1.29, 1.82) is 0 Å². The highest BCUT2D eigenvalue weighted by Gasteiger charge is 2.25. The minimum Gasteiger partial charge on any atom is -0.497 e. The Labute approximate surface area is 149 Å². The molecular formula is C21H25NO3. The van der Waals surface area contributed by atoms with Crippen molar-refractivity contribution >= 4 is 5.91 Å². The molecule has 3 rings (SSSR count). The van der Waals surface area contributed by atoms with Gasteiger partial charge in [0.1, 0.15) is 11.9 Å². The molecule has 1 aliphatic heterocycles. The van der Waals surface area contributed by atoms with E-state index in [0.29, 0.717) is 26.1 Å². The lowest BCUT2D eigenvalue weighted by atomic mass is 10.0. The molecule has 0 bridgehead atoms. The Balaban J connectivity index is 1.62. The monoisotopic (exact) mass is 339 g/mol. The third-order valence-corrected chi connectivity index (χ3v) is 4.69. The molecule has 0 N–H and O–H groups in total. The summed E-state index contributed by atoms with van der Waals surface area (Å²) in [5.74, 6) is 0.946. The first-order valence-electron chi connectivity index (χ1n) is 8.80. The summed E-state index contributed by atoms with van der Waals surface area (Å²) in [4.78, 5) is 14.5. The van der Waals surface area contributed by atoms with Crippen LogP contribution in [-0.4, -0.2) is 37.6 Å². The topological polar surface area (TPSA) is 38.8 Å². The van der Waals surface area contributed by atoms with E-state index in [9.17, 15) is 4.79 Å². The van der Waals surface area contributed by atoms with Crippen molar-refractivity contribution in [3.8, 4) is 5.75 Å². The number of carbonyl (C=O) groups is 1. The highest BCUT2D eigenvalue weighted by atomic mass is 16.5. The van der Waals surface area contributed by atoms with Crippen molar-refractivity contribution in [3.63, 3.8) is 0 Å². The highest BCUT2D eigenvalue weighted by Crippen LogP contribution is 2.23. The fourth-order valence-electron chi connectivity index (χ4n) is 3.08. The molecular weight excluding hydrogens is 314 g/mol. The van der Waals surface area contributed by atoms with Crippen LogP contribution >= 0.6 is 0 Å².